The number of ether oxygens (including phenoxy) is 1. The van der Waals surface area contributed by atoms with Gasteiger partial charge in [-0.15, -0.1) is 0 Å². The van der Waals surface area contributed by atoms with Crippen LogP contribution in [0, 0.1) is 12.8 Å². The summed E-state index contributed by atoms with van der Waals surface area (Å²) in [7, 11) is 0. The monoisotopic (exact) mass is 326 g/mol. The highest BCUT2D eigenvalue weighted by Crippen LogP contribution is 2.42. The third-order valence-corrected chi connectivity index (χ3v) is 4.91. The molecule has 7 nitrogen and oxygen atoms in total. The number of anilines is 2. The molecular formula is C17H22N6O. The second-order valence-corrected chi connectivity index (χ2v) is 6.60. The van der Waals surface area contributed by atoms with Crippen LogP contribution in [0.4, 0.5) is 11.9 Å². The summed E-state index contributed by atoms with van der Waals surface area (Å²) in [5.41, 5.74) is 1.04. The first-order chi connectivity index (χ1) is 11.8. The van der Waals surface area contributed by atoms with E-state index in [9.17, 15) is 0 Å². The maximum atomic E-state index is 6.10. The molecule has 2 fully saturated rings. The summed E-state index contributed by atoms with van der Waals surface area (Å²) in [4.78, 5) is 19.4. The number of rotatable bonds is 5. The molecular weight excluding hydrogens is 304 g/mol. The Balaban J connectivity index is 1.30. The third kappa shape index (κ3) is 2.91. The van der Waals surface area contributed by atoms with Crippen molar-refractivity contribution in [2.24, 2.45) is 5.92 Å². The van der Waals surface area contributed by atoms with Crippen molar-refractivity contribution >= 4 is 11.9 Å². The zero-order valence-electron chi connectivity index (χ0n) is 13.9. The Morgan fingerprint density at radius 3 is 2.71 bits per heavy atom. The molecule has 4 rings (SSSR count). The van der Waals surface area contributed by atoms with Gasteiger partial charge in [-0.05, 0) is 37.3 Å². The highest BCUT2D eigenvalue weighted by atomic mass is 16.5. The van der Waals surface area contributed by atoms with Crippen LogP contribution in [0.15, 0.2) is 30.9 Å². The van der Waals surface area contributed by atoms with Crippen LogP contribution in [0.25, 0.3) is 0 Å². The fourth-order valence-corrected chi connectivity index (χ4v) is 3.58. The van der Waals surface area contributed by atoms with E-state index in [1.807, 2.05) is 25.4 Å². The Labute approximate surface area is 141 Å². The fraction of sp³-hybridized carbons (Fsp3) is 0.529. The summed E-state index contributed by atoms with van der Waals surface area (Å²) in [6, 6.07) is 1.84. The second kappa shape index (κ2) is 6.32. The molecule has 0 bridgehead atoms. The maximum absolute atomic E-state index is 6.10. The zero-order valence-corrected chi connectivity index (χ0v) is 13.9. The van der Waals surface area contributed by atoms with Crippen molar-refractivity contribution in [3.63, 3.8) is 0 Å². The zero-order chi connectivity index (χ0) is 16.4. The molecule has 0 amide bonds. The van der Waals surface area contributed by atoms with Crippen LogP contribution in [0.1, 0.15) is 18.4 Å². The topological polar surface area (TPSA) is 76.1 Å². The summed E-state index contributed by atoms with van der Waals surface area (Å²) in [5, 5.41) is 3.31. The van der Waals surface area contributed by atoms with E-state index in [1.54, 1.807) is 12.4 Å². The molecule has 2 saturated heterocycles. The van der Waals surface area contributed by atoms with E-state index in [0.717, 1.165) is 50.6 Å². The van der Waals surface area contributed by atoms with Crippen LogP contribution in [-0.4, -0.2) is 51.8 Å². The van der Waals surface area contributed by atoms with Crippen LogP contribution < -0.4 is 10.2 Å². The van der Waals surface area contributed by atoms with E-state index in [-0.39, 0.29) is 5.60 Å². The molecule has 24 heavy (non-hydrogen) atoms. The van der Waals surface area contributed by atoms with Crippen LogP contribution in [0.3, 0.4) is 0 Å². The summed E-state index contributed by atoms with van der Waals surface area (Å²) in [6.45, 7) is 5.45. The number of aromatic nitrogens is 4. The molecule has 0 saturated carbocycles. The average Bonchev–Trinajstić information content (AvgIpc) is 3.00. The first-order valence-electron chi connectivity index (χ1n) is 8.44. The second-order valence-electron chi connectivity index (χ2n) is 6.60. The van der Waals surface area contributed by atoms with E-state index in [0.29, 0.717) is 11.9 Å². The lowest BCUT2D eigenvalue weighted by Gasteiger charge is -2.50. The Bertz CT molecular complexity index is 671. The molecule has 2 aliphatic heterocycles. The van der Waals surface area contributed by atoms with E-state index in [4.69, 9.17) is 4.74 Å². The standard InChI is InChI=1S/C17H22N6O/c1-13-9-21-15(22-10-13)18-7-3-14-4-8-24-17(14)11-23(12-17)16-19-5-2-6-20-16/h2,5-6,9-10,14H,3-4,7-8,11-12H2,1H3,(H,18,21,22)/t14-/m1/s1. The van der Waals surface area contributed by atoms with Gasteiger partial charge in [0.1, 0.15) is 5.60 Å². The lowest BCUT2D eigenvalue weighted by molar-refractivity contribution is -0.0454. The van der Waals surface area contributed by atoms with Gasteiger partial charge in [0.15, 0.2) is 0 Å². The molecule has 126 valence electrons. The van der Waals surface area contributed by atoms with E-state index < -0.39 is 0 Å². The number of hydrogen-bond donors (Lipinski definition) is 1. The van der Waals surface area contributed by atoms with Gasteiger partial charge in [0.05, 0.1) is 13.1 Å². The van der Waals surface area contributed by atoms with Crippen molar-refractivity contribution in [3.05, 3.63) is 36.4 Å². The van der Waals surface area contributed by atoms with Gasteiger partial charge < -0.3 is 15.0 Å². The summed E-state index contributed by atoms with van der Waals surface area (Å²) in [5.74, 6) is 2.04. The average molecular weight is 326 g/mol. The Morgan fingerprint density at radius 2 is 1.96 bits per heavy atom. The number of hydrogen-bond acceptors (Lipinski definition) is 7. The predicted octanol–water partition coefficient (Wildman–Crippen LogP) is 1.67. The van der Waals surface area contributed by atoms with Gasteiger partial charge in [0, 0.05) is 37.9 Å². The minimum Gasteiger partial charge on any atom is -0.371 e. The van der Waals surface area contributed by atoms with Gasteiger partial charge in [-0.3, -0.25) is 0 Å². The molecule has 1 spiro atoms. The number of nitrogens with one attached hydrogen (secondary N) is 1. The van der Waals surface area contributed by atoms with E-state index in [1.165, 1.54) is 0 Å². The Kier molecular flexibility index (Phi) is 4.02. The molecule has 0 aromatic carbocycles. The maximum Gasteiger partial charge on any atom is 0.225 e. The lowest BCUT2D eigenvalue weighted by Crippen LogP contribution is -2.65. The van der Waals surface area contributed by atoms with Crippen molar-refractivity contribution in [2.45, 2.75) is 25.4 Å². The molecule has 7 heteroatoms. The first kappa shape index (κ1) is 15.3. The van der Waals surface area contributed by atoms with Crippen LogP contribution >= 0.6 is 0 Å². The lowest BCUT2D eigenvalue weighted by atomic mass is 9.79. The van der Waals surface area contributed by atoms with Crippen molar-refractivity contribution in [1.82, 2.24) is 19.9 Å². The van der Waals surface area contributed by atoms with Gasteiger partial charge in [0.25, 0.3) is 0 Å². The first-order valence-corrected chi connectivity index (χ1v) is 8.44. The quantitative estimate of drug-likeness (QED) is 0.895. The van der Waals surface area contributed by atoms with Crippen LogP contribution in [-0.2, 0) is 4.74 Å². The molecule has 2 aliphatic rings. The summed E-state index contributed by atoms with van der Waals surface area (Å²) >= 11 is 0. The Hall–Kier alpha value is -2.28. The van der Waals surface area contributed by atoms with Gasteiger partial charge in [0.2, 0.25) is 11.9 Å². The minimum atomic E-state index is -0.0327. The SMILES string of the molecule is Cc1cnc(NCC[C@@H]2CCOC23CN(c2ncccn2)C3)nc1. The van der Waals surface area contributed by atoms with Crippen molar-refractivity contribution in [1.29, 1.82) is 0 Å². The molecule has 1 atom stereocenters. The fourth-order valence-electron chi connectivity index (χ4n) is 3.58. The van der Waals surface area contributed by atoms with Gasteiger partial charge in [-0.1, -0.05) is 0 Å². The molecule has 4 heterocycles. The predicted molar refractivity (Wildman–Crippen MR) is 90.9 cm³/mol. The highest BCUT2D eigenvalue weighted by Gasteiger charge is 2.53. The molecule has 0 radical (unpaired) electrons. The van der Waals surface area contributed by atoms with Gasteiger partial charge in [-0.25, -0.2) is 19.9 Å². The normalized spacial score (nSPS) is 21.7. The highest BCUT2D eigenvalue weighted by molar-refractivity contribution is 5.38. The van der Waals surface area contributed by atoms with Crippen molar-refractivity contribution < 1.29 is 4.74 Å². The number of aryl methyl sites for hydroxylation is 1. The van der Waals surface area contributed by atoms with Crippen LogP contribution in [0.5, 0.6) is 0 Å². The molecule has 0 aliphatic carbocycles. The third-order valence-electron chi connectivity index (χ3n) is 4.91. The van der Waals surface area contributed by atoms with E-state index >= 15 is 0 Å². The van der Waals surface area contributed by atoms with Crippen molar-refractivity contribution in [2.75, 3.05) is 36.5 Å². The van der Waals surface area contributed by atoms with Gasteiger partial charge in [-0.2, -0.15) is 0 Å². The smallest absolute Gasteiger partial charge is 0.225 e. The van der Waals surface area contributed by atoms with Crippen LogP contribution in [0.2, 0.25) is 0 Å². The summed E-state index contributed by atoms with van der Waals surface area (Å²) in [6.07, 6.45) is 9.40. The largest absolute Gasteiger partial charge is 0.371 e. The van der Waals surface area contributed by atoms with Gasteiger partial charge >= 0.3 is 0 Å². The van der Waals surface area contributed by atoms with E-state index in [2.05, 4.69) is 30.2 Å². The molecule has 1 N–H and O–H groups in total. The molecule has 0 unspecified atom stereocenters. The molecule has 2 aromatic rings. The molecule has 2 aromatic heterocycles. The summed E-state index contributed by atoms with van der Waals surface area (Å²) < 4.78 is 6.10. The minimum absolute atomic E-state index is 0.0327. The van der Waals surface area contributed by atoms with Crippen molar-refractivity contribution in [3.8, 4) is 0 Å². The number of nitrogens with zero attached hydrogens (tertiary/aromatic N) is 5. The Morgan fingerprint density at radius 1 is 1.21 bits per heavy atom.